The molecule has 26 heavy (non-hydrogen) atoms. The molecule has 0 saturated heterocycles. The Labute approximate surface area is 149 Å². The van der Waals surface area contributed by atoms with Gasteiger partial charge in [0.25, 0.3) is 0 Å². The van der Waals surface area contributed by atoms with Gasteiger partial charge in [0, 0.05) is 13.0 Å². The molecule has 0 aliphatic heterocycles. The molecule has 7 heteroatoms. The molecule has 0 spiro atoms. The first kappa shape index (κ1) is 17.2. The molecule has 0 aliphatic carbocycles. The number of ether oxygens (including phenoxy) is 2. The molecule has 2 aromatic carbocycles. The molecule has 3 aromatic rings. The molecule has 0 bridgehead atoms. The van der Waals surface area contributed by atoms with Crippen LogP contribution in [0.25, 0.3) is 17.2 Å². The van der Waals surface area contributed by atoms with E-state index in [1.54, 1.807) is 42.5 Å². The molecule has 0 atom stereocenters. The summed E-state index contributed by atoms with van der Waals surface area (Å²) in [5.74, 6) is -0.0670. The molecule has 0 radical (unpaired) electrons. The highest BCUT2D eigenvalue weighted by atomic mass is 16.6. The SMILES string of the molecule is COc1ccc(C=CC(=O)Nc2cccc3ocnc23)cc1OC(C)=O. The maximum Gasteiger partial charge on any atom is 0.308 e. The zero-order valence-electron chi connectivity index (χ0n) is 14.2. The lowest BCUT2D eigenvalue weighted by atomic mass is 10.2. The average molecular weight is 352 g/mol. The van der Waals surface area contributed by atoms with Gasteiger partial charge in [-0.25, -0.2) is 4.98 Å². The number of carbonyl (C=O) groups excluding carboxylic acids is 2. The summed E-state index contributed by atoms with van der Waals surface area (Å²) in [6.45, 7) is 1.31. The molecule has 0 aliphatic rings. The van der Waals surface area contributed by atoms with Crippen LogP contribution in [0.5, 0.6) is 11.5 Å². The second-order valence-corrected chi connectivity index (χ2v) is 5.33. The van der Waals surface area contributed by atoms with E-state index < -0.39 is 5.97 Å². The fourth-order valence-electron chi connectivity index (χ4n) is 2.37. The summed E-state index contributed by atoms with van der Waals surface area (Å²) < 4.78 is 15.4. The normalized spacial score (nSPS) is 10.8. The number of hydrogen-bond acceptors (Lipinski definition) is 6. The molecular formula is C19H16N2O5. The topological polar surface area (TPSA) is 90.7 Å². The summed E-state index contributed by atoms with van der Waals surface area (Å²) in [5, 5.41) is 2.75. The Hall–Kier alpha value is -3.61. The fraction of sp³-hybridized carbons (Fsp3) is 0.105. The van der Waals surface area contributed by atoms with Gasteiger partial charge in [-0.15, -0.1) is 0 Å². The van der Waals surface area contributed by atoms with Gasteiger partial charge in [-0.3, -0.25) is 9.59 Å². The van der Waals surface area contributed by atoms with Crippen molar-refractivity contribution in [3.63, 3.8) is 0 Å². The lowest BCUT2D eigenvalue weighted by Crippen LogP contribution is -2.08. The quantitative estimate of drug-likeness (QED) is 0.430. The summed E-state index contributed by atoms with van der Waals surface area (Å²) >= 11 is 0. The highest BCUT2D eigenvalue weighted by Gasteiger charge is 2.09. The third-order valence-corrected chi connectivity index (χ3v) is 3.49. The first-order valence-corrected chi connectivity index (χ1v) is 7.74. The largest absolute Gasteiger partial charge is 0.493 e. The number of carbonyl (C=O) groups is 2. The van der Waals surface area contributed by atoms with E-state index in [0.717, 1.165) is 0 Å². The summed E-state index contributed by atoms with van der Waals surface area (Å²) in [5.41, 5.74) is 2.40. The van der Waals surface area contributed by atoms with Crippen LogP contribution >= 0.6 is 0 Å². The first-order valence-electron chi connectivity index (χ1n) is 7.74. The van der Waals surface area contributed by atoms with E-state index in [2.05, 4.69) is 10.3 Å². The summed E-state index contributed by atoms with van der Waals surface area (Å²) in [4.78, 5) is 27.4. The van der Waals surface area contributed by atoms with Crippen LogP contribution < -0.4 is 14.8 Å². The van der Waals surface area contributed by atoms with Crippen molar-refractivity contribution in [2.45, 2.75) is 6.92 Å². The van der Waals surface area contributed by atoms with Crippen LogP contribution in [0.15, 0.2) is 53.3 Å². The molecule has 1 heterocycles. The van der Waals surface area contributed by atoms with E-state index in [1.807, 2.05) is 0 Å². The smallest absolute Gasteiger partial charge is 0.308 e. The minimum absolute atomic E-state index is 0.287. The third kappa shape index (κ3) is 3.89. The van der Waals surface area contributed by atoms with Crippen molar-refractivity contribution in [1.82, 2.24) is 4.98 Å². The highest BCUT2D eigenvalue weighted by molar-refractivity contribution is 6.05. The maximum atomic E-state index is 12.2. The van der Waals surface area contributed by atoms with Crippen molar-refractivity contribution >= 4 is 34.7 Å². The van der Waals surface area contributed by atoms with Crippen molar-refractivity contribution < 1.29 is 23.5 Å². The van der Waals surface area contributed by atoms with Crippen molar-refractivity contribution in [3.05, 3.63) is 54.4 Å². The van der Waals surface area contributed by atoms with Gasteiger partial charge in [0.1, 0.15) is 5.52 Å². The van der Waals surface area contributed by atoms with Gasteiger partial charge in [0.15, 0.2) is 23.5 Å². The minimum Gasteiger partial charge on any atom is -0.493 e. The minimum atomic E-state index is -0.456. The maximum absolute atomic E-state index is 12.2. The summed E-state index contributed by atoms with van der Waals surface area (Å²) in [7, 11) is 1.48. The molecule has 0 fully saturated rings. The monoisotopic (exact) mass is 352 g/mol. The molecule has 1 aromatic heterocycles. The number of oxazole rings is 1. The second-order valence-electron chi connectivity index (χ2n) is 5.33. The number of esters is 1. The third-order valence-electron chi connectivity index (χ3n) is 3.49. The first-order chi connectivity index (χ1) is 12.6. The number of nitrogens with zero attached hydrogens (tertiary/aromatic N) is 1. The van der Waals surface area contributed by atoms with Gasteiger partial charge in [0.05, 0.1) is 12.8 Å². The summed E-state index contributed by atoms with van der Waals surface area (Å²) in [6.07, 6.45) is 4.30. The van der Waals surface area contributed by atoms with Gasteiger partial charge in [0.2, 0.25) is 5.91 Å². The number of rotatable bonds is 5. The molecular weight excluding hydrogens is 336 g/mol. The fourth-order valence-corrected chi connectivity index (χ4v) is 2.37. The molecule has 1 N–H and O–H groups in total. The van der Waals surface area contributed by atoms with Gasteiger partial charge in [-0.2, -0.15) is 0 Å². The number of methoxy groups -OCH3 is 1. The predicted octanol–water partition coefficient (Wildman–Crippen LogP) is 3.41. The van der Waals surface area contributed by atoms with E-state index in [4.69, 9.17) is 13.9 Å². The number of aromatic nitrogens is 1. The number of nitrogens with one attached hydrogen (secondary N) is 1. The van der Waals surface area contributed by atoms with Crippen molar-refractivity contribution in [2.24, 2.45) is 0 Å². The number of benzene rings is 2. The van der Waals surface area contributed by atoms with Crippen LogP contribution in [0.2, 0.25) is 0 Å². The molecule has 1 amide bonds. The number of fused-ring (bicyclic) bond motifs is 1. The number of para-hydroxylation sites is 1. The highest BCUT2D eigenvalue weighted by Crippen LogP contribution is 2.28. The molecule has 3 rings (SSSR count). The lowest BCUT2D eigenvalue weighted by Gasteiger charge is -2.08. The zero-order valence-corrected chi connectivity index (χ0v) is 14.2. The van der Waals surface area contributed by atoms with Gasteiger partial charge >= 0.3 is 5.97 Å². The van der Waals surface area contributed by atoms with Gasteiger partial charge in [-0.1, -0.05) is 12.1 Å². The van der Waals surface area contributed by atoms with E-state index in [1.165, 1.54) is 26.5 Å². The van der Waals surface area contributed by atoms with Crippen molar-refractivity contribution in [3.8, 4) is 11.5 Å². The zero-order chi connectivity index (χ0) is 18.5. The number of amides is 1. The Morgan fingerprint density at radius 3 is 2.81 bits per heavy atom. The Bertz CT molecular complexity index is 991. The number of anilines is 1. The predicted molar refractivity (Wildman–Crippen MR) is 96.0 cm³/mol. The van der Waals surface area contributed by atoms with Crippen molar-refractivity contribution in [2.75, 3.05) is 12.4 Å². The van der Waals surface area contributed by atoms with E-state index >= 15 is 0 Å². The van der Waals surface area contributed by atoms with Crippen LogP contribution in [-0.4, -0.2) is 24.0 Å². The standard InChI is InChI=1S/C19H16N2O5/c1-12(22)26-17-10-13(6-8-15(17)24-2)7-9-18(23)21-14-4-3-5-16-19(14)20-11-25-16/h3-11H,1-2H3,(H,21,23). The second kappa shape index (κ2) is 7.52. The van der Waals surface area contributed by atoms with Gasteiger partial charge < -0.3 is 19.2 Å². The summed E-state index contributed by atoms with van der Waals surface area (Å²) in [6, 6.07) is 10.3. The Kier molecular flexibility index (Phi) is 4.98. The van der Waals surface area contributed by atoms with Crippen LogP contribution in [0.1, 0.15) is 12.5 Å². The number of hydrogen-bond donors (Lipinski definition) is 1. The van der Waals surface area contributed by atoms with Crippen LogP contribution in [-0.2, 0) is 9.59 Å². The van der Waals surface area contributed by atoms with E-state index in [0.29, 0.717) is 28.1 Å². The Balaban J connectivity index is 1.75. The molecule has 0 saturated carbocycles. The molecule has 7 nitrogen and oxygen atoms in total. The van der Waals surface area contributed by atoms with Crippen LogP contribution in [0.4, 0.5) is 5.69 Å². The van der Waals surface area contributed by atoms with E-state index in [-0.39, 0.29) is 11.7 Å². The lowest BCUT2D eigenvalue weighted by molar-refractivity contribution is -0.132. The van der Waals surface area contributed by atoms with Crippen molar-refractivity contribution in [1.29, 1.82) is 0 Å². The Morgan fingerprint density at radius 1 is 1.19 bits per heavy atom. The van der Waals surface area contributed by atoms with Crippen LogP contribution in [0, 0.1) is 0 Å². The van der Waals surface area contributed by atoms with Gasteiger partial charge in [-0.05, 0) is 35.9 Å². The average Bonchev–Trinajstić information content (AvgIpc) is 3.09. The molecule has 132 valence electrons. The van der Waals surface area contributed by atoms with Crippen LogP contribution in [0.3, 0.4) is 0 Å². The Morgan fingerprint density at radius 2 is 2.04 bits per heavy atom. The molecule has 0 unspecified atom stereocenters. The van der Waals surface area contributed by atoms with E-state index in [9.17, 15) is 9.59 Å².